The second-order valence-corrected chi connectivity index (χ2v) is 5.47. The summed E-state index contributed by atoms with van der Waals surface area (Å²) in [5.41, 5.74) is 1.27. The minimum absolute atomic E-state index is 0.575. The predicted octanol–water partition coefficient (Wildman–Crippen LogP) is 3.08. The molecule has 1 aliphatic heterocycles. The van der Waals surface area contributed by atoms with Crippen LogP contribution < -0.4 is 0 Å². The Hall–Kier alpha value is -0.0800. The molecule has 0 aromatic rings. The minimum Gasteiger partial charge on any atom is -0.321 e. The predicted molar refractivity (Wildman–Crippen MR) is 61.8 cm³/mol. The van der Waals surface area contributed by atoms with Crippen molar-refractivity contribution < 1.29 is 4.48 Å². The number of quaternary nitrogens is 1. The summed E-state index contributed by atoms with van der Waals surface area (Å²) in [5.74, 6) is 0. The van der Waals surface area contributed by atoms with E-state index >= 15 is 0 Å². The molecule has 1 nitrogen and oxygen atoms in total. The first-order valence-corrected chi connectivity index (χ1v) is 5.55. The average Bonchev–Trinajstić information content (AvgIpc) is 1.96. The normalized spacial score (nSPS) is 26.8. The Morgan fingerprint density at radius 3 is 2.77 bits per heavy atom. The van der Waals surface area contributed by atoms with Crippen molar-refractivity contribution in [3.8, 4) is 0 Å². The topological polar surface area (TPSA) is 0 Å². The van der Waals surface area contributed by atoms with Crippen molar-refractivity contribution in [3.63, 3.8) is 0 Å². The van der Waals surface area contributed by atoms with Gasteiger partial charge in [-0.3, -0.25) is 0 Å². The van der Waals surface area contributed by atoms with Crippen LogP contribution in [0.5, 0.6) is 0 Å². The highest BCUT2D eigenvalue weighted by molar-refractivity contribution is 9.11. The maximum atomic E-state index is 3.99. The molecule has 0 aromatic carbocycles. The SMILES string of the molecule is C=C(C)CC1C(Br)=CCC[N+]1(C)C. The van der Waals surface area contributed by atoms with Gasteiger partial charge in [0.05, 0.1) is 20.6 Å². The Bertz CT molecular complexity index is 240. The Morgan fingerprint density at radius 2 is 2.31 bits per heavy atom. The van der Waals surface area contributed by atoms with Crippen LogP contribution >= 0.6 is 15.9 Å². The third-order valence-corrected chi connectivity index (χ3v) is 3.60. The third kappa shape index (κ3) is 2.68. The monoisotopic (exact) mass is 244 g/mol. The van der Waals surface area contributed by atoms with Crippen molar-refractivity contribution in [2.45, 2.75) is 25.8 Å². The van der Waals surface area contributed by atoms with E-state index in [4.69, 9.17) is 0 Å². The van der Waals surface area contributed by atoms with E-state index in [1.165, 1.54) is 23.0 Å². The lowest BCUT2D eigenvalue weighted by atomic mass is 10.0. The summed E-state index contributed by atoms with van der Waals surface area (Å²) in [4.78, 5) is 0. The number of rotatable bonds is 2. The molecular formula is C11H19BrN+. The molecule has 0 bridgehead atoms. The molecule has 0 fully saturated rings. The first-order valence-electron chi connectivity index (χ1n) is 4.76. The van der Waals surface area contributed by atoms with E-state index in [1.54, 1.807) is 0 Å². The lowest BCUT2D eigenvalue weighted by Gasteiger charge is -2.40. The highest BCUT2D eigenvalue weighted by Crippen LogP contribution is 2.30. The molecule has 1 rings (SSSR count). The Morgan fingerprint density at radius 1 is 1.69 bits per heavy atom. The van der Waals surface area contributed by atoms with Crippen LogP contribution in [-0.4, -0.2) is 31.2 Å². The van der Waals surface area contributed by atoms with Gasteiger partial charge in [-0.05, 0) is 22.9 Å². The zero-order valence-electron chi connectivity index (χ0n) is 8.81. The van der Waals surface area contributed by atoms with E-state index in [0.717, 1.165) is 10.9 Å². The quantitative estimate of drug-likeness (QED) is 0.518. The molecule has 1 heterocycles. The number of likely N-dealkylation sites (N-methyl/N-ethyl adjacent to an activating group) is 1. The van der Waals surface area contributed by atoms with Crippen LogP contribution in [0.2, 0.25) is 0 Å². The second kappa shape index (κ2) is 3.97. The lowest BCUT2D eigenvalue weighted by molar-refractivity contribution is -0.910. The molecule has 1 aliphatic rings. The fourth-order valence-electron chi connectivity index (χ4n) is 1.84. The van der Waals surface area contributed by atoms with E-state index in [2.05, 4.69) is 49.6 Å². The molecule has 1 atom stereocenters. The minimum atomic E-state index is 0.575. The first kappa shape index (κ1) is 11.0. The maximum Gasteiger partial charge on any atom is 0.124 e. The first-order chi connectivity index (χ1) is 5.93. The largest absolute Gasteiger partial charge is 0.321 e. The average molecular weight is 245 g/mol. The maximum absolute atomic E-state index is 3.99. The fraction of sp³-hybridized carbons (Fsp3) is 0.636. The number of nitrogens with zero attached hydrogens (tertiary/aromatic N) is 1. The molecule has 0 spiro atoms. The molecule has 74 valence electrons. The molecule has 0 saturated carbocycles. The van der Waals surface area contributed by atoms with E-state index < -0.39 is 0 Å². The molecule has 0 N–H and O–H groups in total. The summed E-state index contributed by atoms with van der Waals surface area (Å²) in [6, 6.07) is 0.575. The van der Waals surface area contributed by atoms with E-state index in [0.29, 0.717) is 6.04 Å². The molecule has 0 radical (unpaired) electrons. The van der Waals surface area contributed by atoms with Crippen molar-refractivity contribution in [2.24, 2.45) is 0 Å². The Kier molecular flexibility index (Phi) is 3.36. The lowest BCUT2D eigenvalue weighted by Crippen LogP contribution is -2.51. The standard InChI is InChI=1S/C11H19BrN/c1-9(2)8-11-10(12)6-5-7-13(11,3)4/h6,11H,1,5,7-8H2,2-4H3/q+1. The zero-order valence-corrected chi connectivity index (χ0v) is 10.4. The highest BCUT2D eigenvalue weighted by Gasteiger charge is 2.32. The molecule has 0 amide bonds. The summed E-state index contributed by atoms with van der Waals surface area (Å²) < 4.78 is 2.43. The molecule has 0 saturated heterocycles. The van der Waals surface area contributed by atoms with Crippen LogP contribution in [-0.2, 0) is 0 Å². The fourth-order valence-corrected chi connectivity index (χ4v) is 2.78. The van der Waals surface area contributed by atoms with Gasteiger partial charge in [0, 0.05) is 17.3 Å². The van der Waals surface area contributed by atoms with Gasteiger partial charge < -0.3 is 4.48 Å². The van der Waals surface area contributed by atoms with Crippen LogP contribution in [0.25, 0.3) is 0 Å². The van der Waals surface area contributed by atoms with Crippen molar-refractivity contribution in [2.75, 3.05) is 20.6 Å². The van der Waals surface area contributed by atoms with Gasteiger partial charge in [-0.25, -0.2) is 0 Å². The van der Waals surface area contributed by atoms with Crippen LogP contribution in [0.1, 0.15) is 19.8 Å². The van der Waals surface area contributed by atoms with E-state index in [1.807, 2.05) is 0 Å². The summed E-state index contributed by atoms with van der Waals surface area (Å²) in [7, 11) is 4.59. The summed E-state index contributed by atoms with van der Waals surface area (Å²) in [6.07, 6.45) is 4.57. The van der Waals surface area contributed by atoms with Crippen molar-refractivity contribution in [1.29, 1.82) is 0 Å². The Balaban J connectivity index is 2.81. The highest BCUT2D eigenvalue weighted by atomic mass is 79.9. The van der Waals surface area contributed by atoms with Crippen molar-refractivity contribution in [3.05, 3.63) is 22.7 Å². The molecule has 1 unspecified atom stereocenters. The number of halogens is 1. The van der Waals surface area contributed by atoms with Gasteiger partial charge in [0.1, 0.15) is 6.04 Å². The number of hydrogen-bond donors (Lipinski definition) is 0. The van der Waals surface area contributed by atoms with Crippen LogP contribution in [0, 0.1) is 0 Å². The van der Waals surface area contributed by atoms with Gasteiger partial charge in [-0.15, -0.1) is 0 Å². The Labute approximate surface area is 89.8 Å². The van der Waals surface area contributed by atoms with E-state index in [-0.39, 0.29) is 0 Å². The summed E-state index contributed by atoms with van der Waals surface area (Å²) in [6.45, 7) is 7.33. The van der Waals surface area contributed by atoms with Gasteiger partial charge in [-0.2, -0.15) is 0 Å². The molecule has 2 heteroatoms. The molecule has 0 aliphatic carbocycles. The van der Waals surface area contributed by atoms with Crippen molar-refractivity contribution >= 4 is 15.9 Å². The third-order valence-electron chi connectivity index (χ3n) is 2.75. The van der Waals surface area contributed by atoms with Crippen LogP contribution in [0.4, 0.5) is 0 Å². The number of hydrogen-bond acceptors (Lipinski definition) is 0. The van der Waals surface area contributed by atoms with Gasteiger partial charge in [0.2, 0.25) is 0 Å². The molecular weight excluding hydrogens is 226 g/mol. The van der Waals surface area contributed by atoms with Gasteiger partial charge in [0.15, 0.2) is 0 Å². The van der Waals surface area contributed by atoms with Crippen molar-refractivity contribution in [1.82, 2.24) is 0 Å². The van der Waals surface area contributed by atoms with E-state index in [9.17, 15) is 0 Å². The smallest absolute Gasteiger partial charge is 0.124 e. The summed E-state index contributed by atoms with van der Waals surface area (Å²) >= 11 is 3.66. The van der Waals surface area contributed by atoms with Crippen LogP contribution in [0.15, 0.2) is 22.7 Å². The van der Waals surface area contributed by atoms with Gasteiger partial charge in [0.25, 0.3) is 0 Å². The second-order valence-electron chi connectivity index (χ2n) is 4.56. The van der Waals surface area contributed by atoms with Gasteiger partial charge in [-0.1, -0.05) is 18.2 Å². The van der Waals surface area contributed by atoms with Crippen LogP contribution in [0.3, 0.4) is 0 Å². The summed E-state index contributed by atoms with van der Waals surface area (Å²) in [5, 5.41) is 0. The molecule has 13 heavy (non-hydrogen) atoms. The molecule has 0 aromatic heterocycles. The zero-order chi connectivity index (χ0) is 10.1. The van der Waals surface area contributed by atoms with Gasteiger partial charge >= 0.3 is 0 Å².